The van der Waals surface area contributed by atoms with Crippen molar-refractivity contribution in [3.8, 4) is 16.9 Å². The lowest BCUT2D eigenvalue weighted by atomic mass is 9.93. The van der Waals surface area contributed by atoms with Crippen LogP contribution in [0.2, 0.25) is 0 Å². The van der Waals surface area contributed by atoms with Gasteiger partial charge in [0.05, 0.1) is 13.2 Å². The van der Waals surface area contributed by atoms with Crippen molar-refractivity contribution in [2.45, 2.75) is 32.8 Å². The van der Waals surface area contributed by atoms with Crippen LogP contribution in [0.4, 0.5) is 0 Å². The van der Waals surface area contributed by atoms with Crippen molar-refractivity contribution >= 4 is 0 Å². The largest absolute Gasteiger partial charge is 0.491 e. The predicted molar refractivity (Wildman–Crippen MR) is 133 cm³/mol. The number of benzene rings is 3. The van der Waals surface area contributed by atoms with Crippen LogP contribution in [-0.2, 0) is 11.3 Å². The second-order valence-corrected chi connectivity index (χ2v) is 8.42. The molecule has 0 saturated heterocycles. The van der Waals surface area contributed by atoms with Gasteiger partial charge in [-0.2, -0.15) is 0 Å². The zero-order valence-electron chi connectivity index (χ0n) is 20.0. The number of hydrogen-bond donors (Lipinski definition) is 3. The molecule has 0 aliphatic carbocycles. The zero-order chi connectivity index (χ0) is 25.7. The molecule has 188 valence electrons. The van der Waals surface area contributed by atoms with Crippen LogP contribution in [0.15, 0.2) is 80.8 Å². The summed E-state index contributed by atoms with van der Waals surface area (Å²) in [5, 5.41) is 18.5. The summed E-state index contributed by atoms with van der Waals surface area (Å²) in [6.07, 6.45) is -1.85. The lowest BCUT2D eigenvalue weighted by molar-refractivity contribution is -0.0328. The fraction of sp³-hybridized carbons (Fsp3) is 0.259. The summed E-state index contributed by atoms with van der Waals surface area (Å²) >= 11 is 0. The number of ether oxygens (including phenoxy) is 2. The molecule has 4 aromatic rings. The standard InChI is InChI=1S/C27H28N2O7/c1-17-13-22(34-16-21(31)14-30)11-12-23(17)24-10-6-9-20(18(24)2)15-35-25(19-7-4-3-5-8-19)29-26(32)28-27(33)36-29/h3-13,21,25,30-31H,14-16H2,1-2H3,(H,28,32,33)/t21-,25?/m0/s1. The number of aliphatic hydroxyl groups is 2. The predicted octanol–water partition coefficient (Wildman–Crippen LogP) is 2.91. The first-order valence-electron chi connectivity index (χ1n) is 11.5. The zero-order valence-corrected chi connectivity index (χ0v) is 20.0. The number of rotatable bonds is 10. The Morgan fingerprint density at radius 1 is 1.00 bits per heavy atom. The van der Waals surface area contributed by atoms with Crippen LogP contribution in [0.1, 0.15) is 28.5 Å². The fourth-order valence-corrected chi connectivity index (χ4v) is 3.94. The molecule has 36 heavy (non-hydrogen) atoms. The van der Waals surface area contributed by atoms with Gasteiger partial charge in [-0.15, -0.1) is 4.74 Å². The van der Waals surface area contributed by atoms with E-state index in [-0.39, 0.29) is 19.8 Å². The Morgan fingerprint density at radius 3 is 2.44 bits per heavy atom. The highest BCUT2D eigenvalue weighted by molar-refractivity contribution is 5.72. The van der Waals surface area contributed by atoms with Crippen molar-refractivity contribution in [1.82, 2.24) is 9.72 Å². The van der Waals surface area contributed by atoms with Crippen molar-refractivity contribution in [2.24, 2.45) is 0 Å². The number of aryl methyl sites for hydroxylation is 1. The van der Waals surface area contributed by atoms with Gasteiger partial charge in [0.25, 0.3) is 0 Å². The maximum absolute atomic E-state index is 12.2. The highest BCUT2D eigenvalue weighted by Gasteiger charge is 2.21. The minimum Gasteiger partial charge on any atom is -0.491 e. The van der Waals surface area contributed by atoms with Gasteiger partial charge in [-0.05, 0) is 53.8 Å². The molecule has 0 amide bonds. The van der Waals surface area contributed by atoms with Crippen molar-refractivity contribution < 1.29 is 24.2 Å². The maximum atomic E-state index is 12.2. The number of hydrogen-bond acceptors (Lipinski definition) is 7. The van der Waals surface area contributed by atoms with E-state index >= 15 is 0 Å². The van der Waals surface area contributed by atoms with Crippen molar-refractivity contribution in [3.05, 3.63) is 110 Å². The Kier molecular flexibility index (Phi) is 7.84. The van der Waals surface area contributed by atoms with Crippen LogP contribution in [0.5, 0.6) is 5.75 Å². The SMILES string of the molecule is Cc1cc(OC[C@@H](O)CO)ccc1-c1cccc(COC(c2ccccc2)n2oc(=O)[nH]c2=O)c1C. The highest BCUT2D eigenvalue weighted by atomic mass is 16.6. The van der Waals surface area contributed by atoms with E-state index in [2.05, 4.69) is 4.98 Å². The first kappa shape index (κ1) is 25.2. The molecule has 3 N–H and O–H groups in total. The van der Waals surface area contributed by atoms with Gasteiger partial charge in [0, 0.05) is 5.56 Å². The van der Waals surface area contributed by atoms with Crippen LogP contribution in [0.3, 0.4) is 0 Å². The van der Waals surface area contributed by atoms with E-state index in [9.17, 15) is 14.7 Å². The molecule has 1 aromatic heterocycles. The molecule has 0 aliphatic heterocycles. The van der Waals surface area contributed by atoms with E-state index in [1.165, 1.54) is 0 Å². The molecule has 0 saturated carbocycles. The van der Waals surface area contributed by atoms with Gasteiger partial charge >= 0.3 is 11.4 Å². The van der Waals surface area contributed by atoms with Crippen LogP contribution in [0, 0.1) is 13.8 Å². The molecular weight excluding hydrogens is 464 g/mol. The van der Waals surface area contributed by atoms with Crippen molar-refractivity contribution in [1.29, 1.82) is 0 Å². The van der Waals surface area contributed by atoms with E-state index in [4.69, 9.17) is 19.1 Å². The Hall–Kier alpha value is -3.92. The Morgan fingerprint density at radius 2 is 1.78 bits per heavy atom. The summed E-state index contributed by atoms with van der Waals surface area (Å²) in [4.78, 5) is 25.9. The molecule has 1 heterocycles. The summed E-state index contributed by atoms with van der Waals surface area (Å²) in [6, 6.07) is 20.6. The molecule has 0 spiro atoms. The normalized spacial score (nSPS) is 12.9. The molecule has 9 nitrogen and oxygen atoms in total. The molecule has 1 unspecified atom stereocenters. The second kappa shape index (κ2) is 11.2. The summed E-state index contributed by atoms with van der Waals surface area (Å²) in [5.74, 6) is -0.249. The van der Waals surface area contributed by atoms with Crippen LogP contribution in [-0.4, -0.2) is 39.3 Å². The third-order valence-electron chi connectivity index (χ3n) is 5.87. The molecule has 0 bridgehead atoms. The van der Waals surface area contributed by atoms with E-state index in [1.807, 2.05) is 68.4 Å². The smallest absolute Gasteiger partial charge is 0.440 e. The van der Waals surface area contributed by atoms with Gasteiger partial charge in [-0.25, -0.2) is 14.6 Å². The first-order chi connectivity index (χ1) is 17.4. The van der Waals surface area contributed by atoms with E-state index in [0.717, 1.165) is 32.6 Å². The van der Waals surface area contributed by atoms with E-state index in [1.54, 1.807) is 12.1 Å². The van der Waals surface area contributed by atoms with E-state index in [0.29, 0.717) is 11.3 Å². The molecule has 4 rings (SSSR count). The first-order valence-corrected chi connectivity index (χ1v) is 11.5. The number of aromatic nitrogens is 2. The third kappa shape index (κ3) is 5.65. The van der Waals surface area contributed by atoms with Gasteiger partial charge in [0.15, 0.2) is 6.23 Å². The number of nitrogens with zero attached hydrogens (tertiary/aromatic N) is 1. The highest BCUT2D eigenvalue weighted by Crippen LogP contribution is 2.32. The average molecular weight is 493 g/mol. The summed E-state index contributed by atoms with van der Waals surface area (Å²) in [5.41, 5.74) is 4.88. The van der Waals surface area contributed by atoms with Gasteiger partial charge < -0.3 is 24.2 Å². The molecule has 9 heteroatoms. The Bertz CT molecular complexity index is 1420. The summed E-state index contributed by atoms with van der Waals surface area (Å²) in [6.45, 7) is 3.78. The number of H-pyrrole nitrogens is 1. The molecule has 3 aromatic carbocycles. The topological polar surface area (TPSA) is 127 Å². The lowest BCUT2D eigenvalue weighted by Crippen LogP contribution is -2.25. The fourth-order valence-electron chi connectivity index (χ4n) is 3.94. The Balaban J connectivity index is 1.58. The number of nitrogens with one attached hydrogen (secondary N) is 1. The molecule has 0 fully saturated rings. The molecular formula is C27H28N2O7. The van der Waals surface area contributed by atoms with Gasteiger partial charge in [0.2, 0.25) is 0 Å². The number of aromatic amines is 1. The molecule has 0 radical (unpaired) electrons. The van der Waals surface area contributed by atoms with Gasteiger partial charge in [-0.1, -0.05) is 54.6 Å². The molecule has 2 atom stereocenters. The van der Waals surface area contributed by atoms with Crippen LogP contribution < -0.4 is 16.2 Å². The van der Waals surface area contributed by atoms with Crippen molar-refractivity contribution in [3.63, 3.8) is 0 Å². The maximum Gasteiger partial charge on any atom is 0.440 e. The van der Waals surface area contributed by atoms with Crippen LogP contribution >= 0.6 is 0 Å². The quantitative estimate of drug-likeness (QED) is 0.311. The Labute approximate surface area is 207 Å². The van der Waals surface area contributed by atoms with Gasteiger partial charge in [-0.3, -0.25) is 0 Å². The molecule has 0 aliphatic rings. The minimum atomic E-state index is -0.932. The summed E-state index contributed by atoms with van der Waals surface area (Å²) < 4.78 is 17.6. The number of aliphatic hydroxyl groups excluding tert-OH is 2. The monoisotopic (exact) mass is 492 g/mol. The van der Waals surface area contributed by atoms with Gasteiger partial charge in [0.1, 0.15) is 18.5 Å². The van der Waals surface area contributed by atoms with Crippen molar-refractivity contribution in [2.75, 3.05) is 13.2 Å². The van der Waals surface area contributed by atoms with E-state index < -0.39 is 23.8 Å². The second-order valence-electron chi connectivity index (χ2n) is 8.42. The minimum absolute atomic E-state index is 0.00801. The third-order valence-corrected chi connectivity index (χ3v) is 5.87. The average Bonchev–Trinajstić information content (AvgIpc) is 3.22. The summed E-state index contributed by atoms with van der Waals surface area (Å²) in [7, 11) is 0. The lowest BCUT2D eigenvalue weighted by Gasteiger charge is -2.19. The van der Waals surface area contributed by atoms with Crippen LogP contribution in [0.25, 0.3) is 11.1 Å².